The third-order valence-corrected chi connectivity index (χ3v) is 4.19. The second kappa shape index (κ2) is 3.70. The van der Waals surface area contributed by atoms with Gasteiger partial charge in [-0.1, -0.05) is 24.0 Å². The summed E-state index contributed by atoms with van der Waals surface area (Å²) in [5.74, 6) is -0.0117. The van der Waals surface area contributed by atoms with Gasteiger partial charge in [-0.25, -0.2) is 4.99 Å². The van der Waals surface area contributed by atoms with Crippen LogP contribution in [0.3, 0.4) is 0 Å². The van der Waals surface area contributed by atoms with E-state index in [0.29, 0.717) is 4.32 Å². The van der Waals surface area contributed by atoms with Crippen LogP contribution in [0.5, 0.6) is 0 Å². The molecule has 2 heterocycles. The Bertz CT molecular complexity index is 350. The van der Waals surface area contributed by atoms with Gasteiger partial charge in [-0.05, 0) is 31.5 Å². The van der Waals surface area contributed by atoms with Crippen LogP contribution in [-0.2, 0) is 4.79 Å². The normalized spacial score (nSPS) is 31.3. The zero-order valence-corrected chi connectivity index (χ0v) is 9.81. The maximum Gasteiger partial charge on any atom is 0.267 e. The van der Waals surface area contributed by atoms with Crippen molar-refractivity contribution in [2.45, 2.75) is 24.1 Å². The van der Waals surface area contributed by atoms with Gasteiger partial charge in [0.1, 0.15) is 4.32 Å². The van der Waals surface area contributed by atoms with E-state index in [1.165, 1.54) is 11.8 Å². The van der Waals surface area contributed by atoms with E-state index in [9.17, 15) is 4.79 Å². The van der Waals surface area contributed by atoms with Crippen LogP contribution in [0, 0.1) is 0 Å². The molecule has 1 unspecified atom stereocenters. The average Bonchev–Trinajstić information content (AvgIpc) is 2.29. The standard InChI is InChI=1S/C8H8N2OS3/c11-6-8(9-5-12)3-1-2-4-10(6)7(13)14-8/h1-4H2. The Morgan fingerprint density at radius 3 is 3.07 bits per heavy atom. The molecule has 0 spiro atoms. The number of amides is 1. The van der Waals surface area contributed by atoms with Crippen LogP contribution in [-0.4, -0.2) is 31.7 Å². The summed E-state index contributed by atoms with van der Waals surface area (Å²) in [7, 11) is 0. The van der Waals surface area contributed by atoms with Crippen LogP contribution in [0.15, 0.2) is 4.99 Å². The van der Waals surface area contributed by atoms with Crippen molar-refractivity contribution in [3.05, 3.63) is 0 Å². The van der Waals surface area contributed by atoms with Crippen LogP contribution in [0.4, 0.5) is 0 Å². The van der Waals surface area contributed by atoms with Gasteiger partial charge in [0.05, 0.1) is 5.16 Å². The molecule has 3 nitrogen and oxygen atoms in total. The lowest BCUT2D eigenvalue weighted by molar-refractivity contribution is -0.128. The number of nitrogens with zero attached hydrogens (tertiary/aromatic N) is 2. The van der Waals surface area contributed by atoms with Crippen molar-refractivity contribution in [2.75, 3.05) is 6.54 Å². The van der Waals surface area contributed by atoms with Gasteiger partial charge in [0.15, 0.2) is 0 Å². The smallest absolute Gasteiger partial charge is 0.267 e. The van der Waals surface area contributed by atoms with Gasteiger partial charge in [0.25, 0.3) is 5.91 Å². The monoisotopic (exact) mass is 244 g/mol. The molecular weight excluding hydrogens is 236 g/mol. The molecule has 0 aromatic rings. The summed E-state index contributed by atoms with van der Waals surface area (Å²) < 4.78 is 0.628. The predicted octanol–water partition coefficient (Wildman–Crippen LogP) is 1.83. The molecule has 2 saturated heterocycles. The molecule has 0 aliphatic carbocycles. The lowest BCUT2D eigenvalue weighted by Gasteiger charge is -2.16. The first-order valence-electron chi connectivity index (χ1n) is 4.33. The van der Waals surface area contributed by atoms with E-state index >= 15 is 0 Å². The minimum Gasteiger partial charge on any atom is -0.295 e. The van der Waals surface area contributed by atoms with Crippen molar-refractivity contribution in [2.24, 2.45) is 4.99 Å². The van der Waals surface area contributed by atoms with E-state index < -0.39 is 4.87 Å². The SMILES string of the molecule is O=C1N2CCCCC1(N=C=S)SC2=S. The number of carbonyl (C=O) groups is 1. The molecule has 0 saturated carbocycles. The molecule has 0 N–H and O–H groups in total. The van der Waals surface area contributed by atoms with Crippen molar-refractivity contribution in [3.63, 3.8) is 0 Å². The number of isothiocyanates is 1. The van der Waals surface area contributed by atoms with Crippen molar-refractivity contribution < 1.29 is 4.79 Å². The van der Waals surface area contributed by atoms with Gasteiger partial charge in [0.2, 0.25) is 4.87 Å². The second-order valence-corrected chi connectivity index (χ2v) is 5.36. The minimum atomic E-state index is -0.769. The van der Waals surface area contributed by atoms with Crippen molar-refractivity contribution in [1.29, 1.82) is 0 Å². The molecular formula is C8H8N2OS3. The molecule has 2 rings (SSSR count). The highest BCUT2D eigenvalue weighted by atomic mass is 32.2. The molecule has 1 atom stereocenters. The Labute approximate surface area is 96.9 Å². The Kier molecular flexibility index (Phi) is 2.70. The first-order chi connectivity index (χ1) is 6.69. The summed E-state index contributed by atoms with van der Waals surface area (Å²) in [6.45, 7) is 0.722. The number of hydrogen-bond donors (Lipinski definition) is 0. The molecule has 0 radical (unpaired) electrons. The number of carbonyl (C=O) groups excluding carboxylic acids is 1. The lowest BCUT2D eigenvalue weighted by Crippen LogP contribution is -2.36. The van der Waals surface area contributed by atoms with E-state index in [4.69, 9.17) is 12.2 Å². The number of aliphatic imine (C=N–C) groups is 1. The first-order valence-corrected chi connectivity index (χ1v) is 5.97. The molecule has 2 aliphatic rings. The maximum atomic E-state index is 12.0. The summed E-state index contributed by atoms with van der Waals surface area (Å²) in [4.78, 5) is 16.9. The molecule has 74 valence electrons. The first kappa shape index (κ1) is 10.2. The highest BCUT2D eigenvalue weighted by molar-refractivity contribution is 8.24. The topological polar surface area (TPSA) is 32.7 Å². The van der Waals surface area contributed by atoms with Crippen molar-refractivity contribution >= 4 is 51.6 Å². The largest absolute Gasteiger partial charge is 0.295 e. The Hall–Kier alpha value is -0.290. The van der Waals surface area contributed by atoms with E-state index in [2.05, 4.69) is 22.4 Å². The van der Waals surface area contributed by atoms with Crippen LogP contribution in [0.2, 0.25) is 0 Å². The summed E-state index contributed by atoms with van der Waals surface area (Å²) in [6.07, 6.45) is 2.69. The van der Waals surface area contributed by atoms with E-state index in [1.807, 2.05) is 0 Å². The fraction of sp³-hybridized carbons (Fsp3) is 0.625. The van der Waals surface area contributed by atoms with E-state index in [1.54, 1.807) is 4.90 Å². The number of thioether (sulfide) groups is 1. The highest BCUT2D eigenvalue weighted by Crippen LogP contribution is 2.44. The van der Waals surface area contributed by atoms with Gasteiger partial charge in [0, 0.05) is 6.54 Å². The minimum absolute atomic E-state index is 0.0117. The molecule has 2 fully saturated rings. The zero-order valence-electron chi connectivity index (χ0n) is 7.36. The Balaban J connectivity index is 2.43. The summed E-state index contributed by atoms with van der Waals surface area (Å²) in [5.41, 5.74) is 0. The maximum absolute atomic E-state index is 12.0. The van der Waals surface area contributed by atoms with Crippen LogP contribution < -0.4 is 0 Å². The molecule has 14 heavy (non-hydrogen) atoms. The zero-order chi connectivity index (χ0) is 10.2. The second-order valence-electron chi connectivity index (χ2n) is 3.27. The van der Waals surface area contributed by atoms with Crippen molar-refractivity contribution in [3.8, 4) is 0 Å². The predicted molar refractivity (Wildman–Crippen MR) is 63.5 cm³/mol. The quantitative estimate of drug-likeness (QED) is 0.520. The van der Waals surface area contributed by atoms with Crippen LogP contribution in [0.1, 0.15) is 19.3 Å². The summed E-state index contributed by atoms with van der Waals surface area (Å²) in [5, 5.41) is 2.31. The third kappa shape index (κ3) is 1.42. The van der Waals surface area contributed by atoms with E-state index in [0.717, 1.165) is 25.8 Å². The molecule has 0 aromatic heterocycles. The summed E-state index contributed by atoms with van der Waals surface area (Å²) in [6, 6.07) is 0. The third-order valence-electron chi connectivity index (χ3n) is 2.43. The Morgan fingerprint density at radius 1 is 1.57 bits per heavy atom. The van der Waals surface area contributed by atoms with E-state index in [-0.39, 0.29) is 5.91 Å². The highest BCUT2D eigenvalue weighted by Gasteiger charge is 2.51. The lowest BCUT2D eigenvalue weighted by atomic mass is 10.1. The molecule has 6 heteroatoms. The Morgan fingerprint density at radius 2 is 2.36 bits per heavy atom. The van der Waals surface area contributed by atoms with Gasteiger partial charge >= 0.3 is 0 Å². The average molecular weight is 244 g/mol. The van der Waals surface area contributed by atoms with Gasteiger partial charge in [-0.3, -0.25) is 9.69 Å². The number of rotatable bonds is 1. The summed E-state index contributed by atoms with van der Waals surface area (Å²) >= 11 is 11.0. The fourth-order valence-electron chi connectivity index (χ4n) is 1.72. The van der Waals surface area contributed by atoms with Crippen molar-refractivity contribution in [1.82, 2.24) is 4.90 Å². The molecule has 1 amide bonds. The van der Waals surface area contributed by atoms with Gasteiger partial charge < -0.3 is 0 Å². The van der Waals surface area contributed by atoms with Crippen LogP contribution in [0.25, 0.3) is 0 Å². The fourth-order valence-corrected chi connectivity index (χ4v) is 3.63. The van der Waals surface area contributed by atoms with Gasteiger partial charge in [-0.2, -0.15) is 0 Å². The number of hydrogen-bond acceptors (Lipinski definition) is 5. The number of fused-ring (bicyclic) bond motifs is 2. The molecule has 2 aliphatic heterocycles. The number of thiocarbonyl (C=S) groups is 2. The van der Waals surface area contributed by atoms with Crippen LogP contribution >= 0.6 is 36.2 Å². The molecule has 0 aromatic carbocycles. The molecule has 2 bridgehead atoms. The van der Waals surface area contributed by atoms with Gasteiger partial charge in [-0.15, -0.1) is 0 Å².